The lowest BCUT2D eigenvalue weighted by Crippen LogP contribution is -2.33. The zero-order chi connectivity index (χ0) is 24.5. The molecule has 3 aromatic carbocycles. The van der Waals surface area contributed by atoms with Gasteiger partial charge in [-0.3, -0.25) is 24.5 Å². The number of carbonyl (C=O) groups is 3. The number of nitrogens with one attached hydrogen (secondary N) is 2. The lowest BCUT2D eigenvalue weighted by Gasteiger charge is -2.18. The van der Waals surface area contributed by atoms with Crippen molar-refractivity contribution < 1.29 is 28.8 Å². The van der Waals surface area contributed by atoms with Crippen molar-refractivity contribution in [3.05, 3.63) is 100 Å². The zero-order valence-corrected chi connectivity index (χ0v) is 18.1. The predicted octanol–water partition coefficient (Wildman–Crippen LogP) is 3.26. The van der Waals surface area contributed by atoms with Crippen molar-refractivity contribution in [3.8, 4) is 5.75 Å². The van der Waals surface area contributed by atoms with Gasteiger partial charge in [0.1, 0.15) is 12.3 Å². The Morgan fingerprint density at radius 3 is 2.32 bits per heavy atom. The van der Waals surface area contributed by atoms with E-state index >= 15 is 0 Å². The number of nitro groups is 1. The summed E-state index contributed by atoms with van der Waals surface area (Å²) in [5, 5.41) is 15.9. The molecule has 0 heterocycles. The number of non-ortho nitro benzene ring substituents is 1. The summed E-state index contributed by atoms with van der Waals surface area (Å²) in [6.45, 7) is -0.541. The van der Waals surface area contributed by atoms with Crippen LogP contribution in [0, 0.1) is 10.1 Å². The van der Waals surface area contributed by atoms with Gasteiger partial charge in [0, 0.05) is 28.9 Å². The van der Waals surface area contributed by atoms with E-state index in [0.717, 1.165) is 6.07 Å². The van der Waals surface area contributed by atoms with Crippen LogP contribution in [0.15, 0.2) is 78.9 Å². The van der Waals surface area contributed by atoms with Gasteiger partial charge in [0.25, 0.3) is 17.5 Å². The van der Waals surface area contributed by atoms with Crippen molar-refractivity contribution >= 4 is 29.2 Å². The predicted molar refractivity (Wildman–Crippen MR) is 122 cm³/mol. The maximum Gasteiger partial charge on any atom is 0.326 e. The minimum atomic E-state index is -1.27. The number of nitro benzene ring substituents is 1. The minimum absolute atomic E-state index is 0.0128. The fourth-order valence-corrected chi connectivity index (χ4v) is 2.97. The second-order valence-electron chi connectivity index (χ2n) is 6.99. The van der Waals surface area contributed by atoms with Crippen molar-refractivity contribution in [3.63, 3.8) is 0 Å². The van der Waals surface area contributed by atoms with Crippen LogP contribution in [0.2, 0.25) is 0 Å². The summed E-state index contributed by atoms with van der Waals surface area (Å²) in [6.07, 6.45) is -1.27. The summed E-state index contributed by atoms with van der Waals surface area (Å²) in [5.74, 6) is -1.53. The highest BCUT2D eigenvalue weighted by Gasteiger charge is 2.25. The van der Waals surface area contributed by atoms with Crippen molar-refractivity contribution in [1.29, 1.82) is 0 Å². The molecule has 3 rings (SSSR count). The van der Waals surface area contributed by atoms with Crippen molar-refractivity contribution in [2.45, 2.75) is 6.10 Å². The highest BCUT2D eigenvalue weighted by Crippen LogP contribution is 2.22. The number of hydrogen-bond acceptors (Lipinski definition) is 7. The zero-order valence-electron chi connectivity index (χ0n) is 18.1. The Morgan fingerprint density at radius 2 is 1.68 bits per heavy atom. The van der Waals surface area contributed by atoms with E-state index in [1.807, 2.05) is 0 Å². The average molecular weight is 463 g/mol. The van der Waals surface area contributed by atoms with Gasteiger partial charge in [-0.2, -0.15) is 0 Å². The Morgan fingerprint density at radius 1 is 0.971 bits per heavy atom. The van der Waals surface area contributed by atoms with Crippen LogP contribution in [0.1, 0.15) is 22.0 Å². The molecule has 0 aliphatic heterocycles. The van der Waals surface area contributed by atoms with E-state index in [1.165, 1.54) is 25.3 Å². The summed E-state index contributed by atoms with van der Waals surface area (Å²) in [7, 11) is 1.52. The number of benzene rings is 3. The van der Waals surface area contributed by atoms with Crippen LogP contribution in [0.4, 0.5) is 11.4 Å². The van der Waals surface area contributed by atoms with Gasteiger partial charge in [0.15, 0.2) is 0 Å². The molecule has 0 aliphatic rings. The largest absolute Gasteiger partial charge is 0.497 e. The lowest BCUT2D eigenvalue weighted by atomic mass is 10.1. The van der Waals surface area contributed by atoms with Crippen LogP contribution in [-0.4, -0.2) is 36.4 Å². The van der Waals surface area contributed by atoms with Gasteiger partial charge in [0.2, 0.25) is 6.10 Å². The maximum absolute atomic E-state index is 12.9. The number of amides is 2. The first-order valence-electron chi connectivity index (χ1n) is 10.1. The molecule has 1 atom stereocenters. The molecule has 0 aromatic heterocycles. The first-order chi connectivity index (χ1) is 16.4. The molecule has 3 aromatic rings. The third-order valence-corrected chi connectivity index (χ3v) is 4.66. The summed E-state index contributed by atoms with van der Waals surface area (Å²) < 4.78 is 10.5. The van der Waals surface area contributed by atoms with E-state index in [4.69, 9.17) is 9.47 Å². The smallest absolute Gasteiger partial charge is 0.326 e. The van der Waals surface area contributed by atoms with E-state index in [-0.39, 0.29) is 11.3 Å². The number of methoxy groups -OCH3 is 1. The van der Waals surface area contributed by atoms with E-state index < -0.39 is 35.4 Å². The number of ether oxygens (including phenoxy) is 2. The van der Waals surface area contributed by atoms with Crippen LogP contribution in [-0.2, 0) is 14.3 Å². The van der Waals surface area contributed by atoms with E-state index in [9.17, 15) is 24.5 Å². The summed E-state index contributed by atoms with van der Waals surface area (Å²) >= 11 is 0. The van der Waals surface area contributed by atoms with Crippen LogP contribution >= 0.6 is 0 Å². The number of anilines is 1. The van der Waals surface area contributed by atoms with Gasteiger partial charge in [-0.05, 0) is 30.3 Å². The maximum atomic E-state index is 12.9. The van der Waals surface area contributed by atoms with Crippen LogP contribution < -0.4 is 15.4 Å². The van der Waals surface area contributed by atoms with Gasteiger partial charge in [-0.15, -0.1) is 0 Å². The summed E-state index contributed by atoms with van der Waals surface area (Å²) in [6, 6.07) is 20.1. The number of esters is 1. The molecule has 10 heteroatoms. The number of nitrogens with zero attached hydrogens (tertiary/aromatic N) is 1. The molecule has 0 aliphatic carbocycles. The molecule has 1 unspecified atom stereocenters. The highest BCUT2D eigenvalue weighted by molar-refractivity contribution is 5.98. The van der Waals surface area contributed by atoms with Crippen LogP contribution in [0.25, 0.3) is 0 Å². The van der Waals surface area contributed by atoms with Crippen molar-refractivity contribution in [1.82, 2.24) is 5.32 Å². The van der Waals surface area contributed by atoms with Gasteiger partial charge >= 0.3 is 5.97 Å². The molecule has 10 nitrogen and oxygen atoms in total. The van der Waals surface area contributed by atoms with E-state index in [2.05, 4.69) is 10.6 Å². The minimum Gasteiger partial charge on any atom is -0.497 e. The molecule has 0 saturated heterocycles. The Kier molecular flexibility index (Phi) is 7.90. The topological polar surface area (TPSA) is 137 Å². The van der Waals surface area contributed by atoms with Gasteiger partial charge in [-0.25, -0.2) is 0 Å². The van der Waals surface area contributed by atoms with Crippen molar-refractivity contribution in [2.24, 2.45) is 0 Å². The molecular weight excluding hydrogens is 442 g/mol. The van der Waals surface area contributed by atoms with Gasteiger partial charge in [0.05, 0.1) is 12.0 Å². The normalized spacial score (nSPS) is 11.1. The van der Waals surface area contributed by atoms with E-state index in [0.29, 0.717) is 17.0 Å². The molecule has 0 bridgehead atoms. The SMILES string of the molecule is COc1ccc(NC(=O)C(OC(=O)CNC(=O)c2cccc([N+](=O)[O-])c2)c2ccccc2)cc1. The average Bonchev–Trinajstić information content (AvgIpc) is 2.86. The third-order valence-electron chi connectivity index (χ3n) is 4.66. The molecule has 2 N–H and O–H groups in total. The van der Waals surface area contributed by atoms with Crippen molar-refractivity contribution in [2.75, 3.05) is 19.0 Å². The summed E-state index contributed by atoms with van der Waals surface area (Å²) in [5.41, 5.74) is 0.669. The molecule has 0 spiro atoms. The third kappa shape index (κ3) is 6.39. The monoisotopic (exact) mass is 463 g/mol. The Bertz CT molecular complexity index is 1180. The Balaban J connectivity index is 1.66. The second kappa shape index (κ2) is 11.2. The molecule has 0 saturated carbocycles. The van der Waals surface area contributed by atoms with E-state index in [1.54, 1.807) is 54.6 Å². The standard InChI is InChI=1S/C24H21N3O7/c1-33-20-12-10-18(11-13-20)26-24(30)22(16-6-3-2-4-7-16)34-21(28)15-25-23(29)17-8-5-9-19(14-17)27(31)32/h2-14,22H,15H2,1H3,(H,25,29)(H,26,30). The second-order valence-corrected chi connectivity index (χ2v) is 6.99. The number of carbonyl (C=O) groups excluding carboxylic acids is 3. The summed E-state index contributed by atoms with van der Waals surface area (Å²) in [4.78, 5) is 47.9. The fraction of sp³-hybridized carbons (Fsp3) is 0.125. The lowest BCUT2D eigenvalue weighted by molar-refractivity contribution is -0.384. The molecular formula is C24H21N3O7. The quantitative estimate of drug-likeness (QED) is 0.282. The molecule has 0 radical (unpaired) electrons. The first-order valence-corrected chi connectivity index (χ1v) is 10.1. The fourth-order valence-electron chi connectivity index (χ4n) is 2.97. The molecule has 174 valence electrons. The number of rotatable bonds is 9. The van der Waals surface area contributed by atoms with Gasteiger partial charge < -0.3 is 20.1 Å². The molecule has 2 amide bonds. The Labute approximate surface area is 194 Å². The van der Waals surface area contributed by atoms with Crippen LogP contribution in [0.3, 0.4) is 0 Å². The number of hydrogen-bond donors (Lipinski definition) is 2. The Hall–Kier alpha value is -4.73. The van der Waals surface area contributed by atoms with Gasteiger partial charge in [-0.1, -0.05) is 36.4 Å². The van der Waals surface area contributed by atoms with Crippen LogP contribution in [0.5, 0.6) is 5.75 Å². The highest BCUT2D eigenvalue weighted by atomic mass is 16.6. The first kappa shape index (κ1) is 23.9. The molecule has 0 fully saturated rings. The molecule has 34 heavy (non-hydrogen) atoms.